The third-order valence-corrected chi connectivity index (χ3v) is 6.19. The molecule has 1 N–H and O–H groups in total. The van der Waals surface area contributed by atoms with E-state index in [0.29, 0.717) is 31.9 Å². The van der Waals surface area contributed by atoms with Crippen LogP contribution in [-0.4, -0.2) is 59.1 Å². The van der Waals surface area contributed by atoms with Crippen molar-refractivity contribution in [1.29, 1.82) is 0 Å². The van der Waals surface area contributed by atoms with Crippen LogP contribution in [0.3, 0.4) is 0 Å². The molecule has 1 aromatic carbocycles. The molecule has 12 heteroatoms. The van der Waals surface area contributed by atoms with Gasteiger partial charge in [-0.05, 0) is 19.1 Å². The maximum atomic E-state index is 13.3. The lowest BCUT2D eigenvalue weighted by atomic mass is 10.0. The molecule has 0 saturated heterocycles. The van der Waals surface area contributed by atoms with Crippen molar-refractivity contribution in [3.8, 4) is 0 Å². The fraction of sp³-hybridized carbons (Fsp3) is 0.429. The molecule has 8 nitrogen and oxygen atoms in total. The highest BCUT2D eigenvalue weighted by molar-refractivity contribution is 6.34. The van der Waals surface area contributed by atoms with Gasteiger partial charge in [0.05, 0.1) is 46.7 Å². The number of hydrogen-bond acceptors (Lipinski definition) is 6. The first kappa shape index (κ1) is 23.4. The third kappa shape index (κ3) is 4.28. The van der Waals surface area contributed by atoms with Crippen LogP contribution in [0, 0.1) is 0 Å². The van der Waals surface area contributed by atoms with Crippen molar-refractivity contribution in [3.05, 3.63) is 58.0 Å². The van der Waals surface area contributed by atoms with E-state index in [9.17, 15) is 18.0 Å². The maximum absolute atomic E-state index is 13.3. The SMILES string of the molecule is COCCn1ccc(N2C3=C(NN2C)[C@H](C)N(C(=O)c2cccc(C(F)(F)F)c2Cl)CC3)n1. The van der Waals surface area contributed by atoms with Crippen LogP contribution in [0.4, 0.5) is 19.0 Å². The zero-order chi connectivity index (χ0) is 23.9. The van der Waals surface area contributed by atoms with E-state index in [1.807, 2.05) is 31.2 Å². The standard InChI is InChI=1S/C21H24ClF3N6O2/c1-13-19-16(31(28(2)27-19)17-8-9-29(26-17)11-12-33-3)7-10-30(13)20(32)14-5-4-6-15(18(14)22)21(23,24)25/h4-6,8-9,13,27H,7,10-12H2,1-3H3/t13-/m0/s1. The molecular formula is C21H24ClF3N6O2. The van der Waals surface area contributed by atoms with E-state index in [0.717, 1.165) is 17.5 Å². The van der Waals surface area contributed by atoms with Gasteiger partial charge in [-0.1, -0.05) is 17.7 Å². The van der Waals surface area contributed by atoms with E-state index in [-0.39, 0.29) is 5.56 Å². The van der Waals surface area contributed by atoms with Crippen molar-refractivity contribution in [1.82, 2.24) is 25.2 Å². The van der Waals surface area contributed by atoms with Crippen LogP contribution in [0.15, 0.2) is 41.9 Å². The third-order valence-electron chi connectivity index (χ3n) is 5.79. The number of halogens is 4. The van der Waals surface area contributed by atoms with Crippen molar-refractivity contribution < 1.29 is 22.7 Å². The van der Waals surface area contributed by atoms with Gasteiger partial charge in [-0.3, -0.25) is 9.48 Å². The second-order valence-electron chi connectivity index (χ2n) is 7.83. The van der Waals surface area contributed by atoms with Gasteiger partial charge in [-0.25, -0.2) is 5.01 Å². The summed E-state index contributed by atoms with van der Waals surface area (Å²) in [5.41, 5.74) is 3.80. The van der Waals surface area contributed by atoms with Gasteiger partial charge in [-0.2, -0.15) is 18.3 Å². The van der Waals surface area contributed by atoms with Gasteiger partial charge in [0.1, 0.15) is 0 Å². The fourth-order valence-corrected chi connectivity index (χ4v) is 4.46. The summed E-state index contributed by atoms with van der Waals surface area (Å²) in [7, 11) is 3.46. The molecule has 1 atom stereocenters. The number of carbonyl (C=O) groups is 1. The van der Waals surface area contributed by atoms with Crippen molar-refractivity contribution in [2.45, 2.75) is 32.1 Å². The van der Waals surface area contributed by atoms with Crippen LogP contribution in [0.5, 0.6) is 0 Å². The van der Waals surface area contributed by atoms with E-state index in [1.165, 1.54) is 17.0 Å². The van der Waals surface area contributed by atoms with Crippen molar-refractivity contribution >= 4 is 23.3 Å². The monoisotopic (exact) mass is 484 g/mol. The molecule has 2 aliphatic heterocycles. The first-order valence-electron chi connectivity index (χ1n) is 10.4. The van der Waals surface area contributed by atoms with E-state index in [1.54, 1.807) is 16.9 Å². The van der Waals surface area contributed by atoms with E-state index in [2.05, 4.69) is 10.5 Å². The summed E-state index contributed by atoms with van der Waals surface area (Å²) >= 11 is 6.00. The normalized spacial score (nSPS) is 19.2. The Kier molecular flexibility index (Phi) is 6.30. The number of amides is 1. The van der Waals surface area contributed by atoms with E-state index < -0.39 is 28.7 Å². The number of ether oxygens (including phenoxy) is 1. The second-order valence-corrected chi connectivity index (χ2v) is 8.20. The van der Waals surface area contributed by atoms with Gasteiger partial charge in [0.2, 0.25) is 0 Å². The van der Waals surface area contributed by atoms with Crippen LogP contribution in [0.25, 0.3) is 0 Å². The lowest BCUT2D eigenvalue weighted by molar-refractivity contribution is -0.137. The molecule has 0 spiro atoms. The number of nitrogens with zero attached hydrogens (tertiary/aromatic N) is 5. The second kappa shape index (κ2) is 8.88. The minimum absolute atomic E-state index is 0.164. The molecule has 2 aliphatic rings. The summed E-state index contributed by atoms with van der Waals surface area (Å²) in [5, 5.41) is 7.70. The average molecular weight is 485 g/mol. The maximum Gasteiger partial charge on any atom is 0.417 e. The predicted molar refractivity (Wildman–Crippen MR) is 116 cm³/mol. The number of rotatable bonds is 5. The summed E-state index contributed by atoms with van der Waals surface area (Å²) in [5.74, 6) is 0.163. The Hall–Kier alpha value is -2.76. The molecule has 0 bridgehead atoms. The Labute approximate surface area is 194 Å². The van der Waals surface area contributed by atoms with Gasteiger partial charge in [0.25, 0.3) is 5.91 Å². The van der Waals surface area contributed by atoms with E-state index in [4.69, 9.17) is 16.3 Å². The highest BCUT2D eigenvalue weighted by Gasteiger charge is 2.41. The van der Waals surface area contributed by atoms with E-state index >= 15 is 0 Å². The molecule has 0 radical (unpaired) electrons. The van der Waals surface area contributed by atoms with Crippen LogP contribution in [-0.2, 0) is 17.5 Å². The molecule has 4 rings (SSSR count). The van der Waals surface area contributed by atoms with Crippen molar-refractivity contribution in [2.75, 3.05) is 32.3 Å². The molecule has 1 aromatic heterocycles. The smallest absolute Gasteiger partial charge is 0.383 e. The molecule has 2 aromatic rings. The molecular weight excluding hydrogens is 461 g/mol. The van der Waals surface area contributed by atoms with Gasteiger partial charge >= 0.3 is 6.18 Å². The topological polar surface area (TPSA) is 65.9 Å². The number of alkyl halides is 3. The number of benzene rings is 1. The Morgan fingerprint density at radius 1 is 1.33 bits per heavy atom. The molecule has 1 amide bonds. The Morgan fingerprint density at radius 3 is 2.79 bits per heavy atom. The highest BCUT2D eigenvalue weighted by Crippen LogP contribution is 2.38. The highest BCUT2D eigenvalue weighted by atomic mass is 35.5. The first-order chi connectivity index (χ1) is 15.6. The lowest BCUT2D eigenvalue weighted by Gasteiger charge is -2.35. The molecule has 3 heterocycles. The largest absolute Gasteiger partial charge is 0.417 e. The number of aromatic nitrogens is 2. The molecule has 33 heavy (non-hydrogen) atoms. The number of anilines is 1. The van der Waals surface area contributed by atoms with Crippen molar-refractivity contribution in [3.63, 3.8) is 0 Å². The zero-order valence-corrected chi connectivity index (χ0v) is 19.1. The Morgan fingerprint density at radius 2 is 2.09 bits per heavy atom. The summed E-state index contributed by atoms with van der Waals surface area (Å²) in [6.07, 6.45) is -2.29. The quantitative estimate of drug-likeness (QED) is 0.700. The fourth-order valence-electron chi connectivity index (χ4n) is 4.15. The minimum atomic E-state index is -4.64. The molecule has 178 valence electrons. The first-order valence-corrected chi connectivity index (χ1v) is 10.7. The summed E-state index contributed by atoms with van der Waals surface area (Å²) in [4.78, 5) is 14.7. The van der Waals surface area contributed by atoms with Crippen LogP contribution < -0.4 is 10.4 Å². The lowest BCUT2D eigenvalue weighted by Crippen LogP contribution is -2.46. The van der Waals surface area contributed by atoms with Crippen LogP contribution in [0.2, 0.25) is 5.02 Å². The van der Waals surface area contributed by atoms with Gasteiger partial charge in [0.15, 0.2) is 5.82 Å². The number of methoxy groups -OCH3 is 1. The number of nitrogens with one attached hydrogen (secondary N) is 1. The van der Waals surface area contributed by atoms with Crippen molar-refractivity contribution in [2.24, 2.45) is 0 Å². The number of hydrogen-bond donors (Lipinski definition) is 1. The molecule has 0 unspecified atom stereocenters. The molecule has 0 fully saturated rings. The number of carbonyl (C=O) groups excluding carboxylic acids is 1. The summed E-state index contributed by atoms with van der Waals surface area (Å²) < 4.78 is 46.6. The van der Waals surface area contributed by atoms with Gasteiger partial charge < -0.3 is 15.1 Å². The molecule has 0 aliphatic carbocycles. The Bertz CT molecular complexity index is 1090. The predicted octanol–water partition coefficient (Wildman–Crippen LogP) is 3.52. The number of hydrazine groups is 2. The average Bonchev–Trinajstić information content (AvgIpc) is 3.35. The minimum Gasteiger partial charge on any atom is -0.383 e. The molecule has 0 saturated carbocycles. The summed E-state index contributed by atoms with van der Waals surface area (Å²) in [6, 6.07) is 4.87. The zero-order valence-electron chi connectivity index (χ0n) is 18.4. The van der Waals surface area contributed by atoms with Gasteiger partial charge in [-0.15, -0.1) is 5.12 Å². The van der Waals surface area contributed by atoms with Crippen LogP contribution >= 0.6 is 11.6 Å². The van der Waals surface area contributed by atoms with Crippen LogP contribution in [0.1, 0.15) is 29.3 Å². The van der Waals surface area contributed by atoms with Gasteiger partial charge in [0, 0.05) is 39.4 Å². The summed E-state index contributed by atoms with van der Waals surface area (Å²) in [6.45, 7) is 3.30. The Balaban J connectivity index is 1.59.